The van der Waals surface area contributed by atoms with Gasteiger partial charge >= 0.3 is 0 Å². The first-order valence-corrected chi connectivity index (χ1v) is 6.88. The lowest BCUT2D eigenvalue weighted by Gasteiger charge is -1.99. The van der Waals surface area contributed by atoms with Gasteiger partial charge in [0.1, 0.15) is 0 Å². The molecule has 0 aliphatic carbocycles. The maximum absolute atomic E-state index is 5.62. The van der Waals surface area contributed by atoms with Crippen LogP contribution >= 0.6 is 0 Å². The first kappa shape index (κ1) is 13.5. The minimum Gasteiger partial charge on any atom is -0.419 e. The Morgan fingerprint density at radius 3 is 2.76 bits per heavy atom. The quantitative estimate of drug-likeness (QED) is 0.699. The van der Waals surface area contributed by atoms with Crippen LogP contribution in [0.15, 0.2) is 47.0 Å². The number of nitrogens with zero attached hydrogens (tertiary/aromatic N) is 4. The Morgan fingerprint density at radius 1 is 1.14 bits per heavy atom. The molecular weight excluding hydrogens is 266 g/mol. The minimum absolute atomic E-state index is 0.553. The molecule has 0 radical (unpaired) electrons. The predicted molar refractivity (Wildman–Crippen MR) is 78.4 cm³/mol. The molecule has 0 spiro atoms. The molecular formula is C15H17N5O. The number of hydrogen-bond donors (Lipinski definition) is 1. The normalized spacial score (nSPS) is 10.9. The molecule has 3 aromatic rings. The number of nitrogens with one attached hydrogen (secondary N) is 1. The van der Waals surface area contributed by atoms with Gasteiger partial charge in [0.15, 0.2) is 0 Å². The third-order valence-electron chi connectivity index (χ3n) is 3.09. The SMILES string of the molecule is Cn1ccc(CCNCc2nnc(-c3ccccc3)o2)n1. The van der Waals surface area contributed by atoms with Crippen molar-refractivity contribution in [2.45, 2.75) is 13.0 Å². The summed E-state index contributed by atoms with van der Waals surface area (Å²) < 4.78 is 7.43. The summed E-state index contributed by atoms with van der Waals surface area (Å²) in [6.45, 7) is 1.38. The molecule has 0 aliphatic heterocycles. The summed E-state index contributed by atoms with van der Waals surface area (Å²) in [7, 11) is 1.92. The van der Waals surface area contributed by atoms with E-state index >= 15 is 0 Å². The maximum atomic E-state index is 5.62. The summed E-state index contributed by atoms with van der Waals surface area (Å²) in [6, 6.07) is 11.8. The highest BCUT2D eigenvalue weighted by Crippen LogP contribution is 2.16. The van der Waals surface area contributed by atoms with E-state index in [1.165, 1.54) is 0 Å². The zero-order chi connectivity index (χ0) is 14.5. The van der Waals surface area contributed by atoms with Crippen molar-refractivity contribution in [3.05, 3.63) is 54.2 Å². The van der Waals surface area contributed by atoms with Crippen molar-refractivity contribution < 1.29 is 4.42 Å². The Bertz CT molecular complexity index is 689. The maximum Gasteiger partial charge on any atom is 0.247 e. The van der Waals surface area contributed by atoms with Crippen molar-refractivity contribution >= 4 is 0 Å². The zero-order valence-corrected chi connectivity index (χ0v) is 11.9. The van der Waals surface area contributed by atoms with Crippen LogP contribution in [0.2, 0.25) is 0 Å². The summed E-state index contributed by atoms with van der Waals surface area (Å²) in [5, 5.41) is 15.7. The smallest absolute Gasteiger partial charge is 0.247 e. The van der Waals surface area contributed by atoms with E-state index in [2.05, 4.69) is 20.6 Å². The monoisotopic (exact) mass is 283 g/mol. The largest absolute Gasteiger partial charge is 0.419 e. The van der Waals surface area contributed by atoms with Crippen molar-refractivity contribution in [1.82, 2.24) is 25.3 Å². The minimum atomic E-state index is 0.553. The molecule has 0 atom stereocenters. The standard InChI is InChI=1S/C15H17N5O/c1-20-10-8-13(19-20)7-9-16-11-14-17-18-15(21-14)12-5-3-2-4-6-12/h2-6,8,10,16H,7,9,11H2,1H3. The van der Waals surface area contributed by atoms with E-state index in [-0.39, 0.29) is 0 Å². The van der Waals surface area contributed by atoms with E-state index in [1.54, 1.807) is 4.68 Å². The molecule has 0 amide bonds. The summed E-state index contributed by atoms with van der Waals surface area (Å²) in [5.74, 6) is 1.15. The summed E-state index contributed by atoms with van der Waals surface area (Å²) in [5.41, 5.74) is 2.00. The number of rotatable bonds is 6. The second-order valence-corrected chi connectivity index (χ2v) is 4.77. The van der Waals surface area contributed by atoms with Crippen LogP contribution in [0.3, 0.4) is 0 Å². The molecule has 0 bridgehead atoms. The second-order valence-electron chi connectivity index (χ2n) is 4.77. The van der Waals surface area contributed by atoms with E-state index in [9.17, 15) is 0 Å². The van der Waals surface area contributed by atoms with Crippen molar-refractivity contribution in [3.63, 3.8) is 0 Å². The van der Waals surface area contributed by atoms with Gasteiger partial charge in [0, 0.05) is 31.8 Å². The van der Waals surface area contributed by atoms with Gasteiger partial charge in [-0.2, -0.15) is 5.10 Å². The topological polar surface area (TPSA) is 68.8 Å². The van der Waals surface area contributed by atoms with Gasteiger partial charge < -0.3 is 9.73 Å². The average molecular weight is 283 g/mol. The van der Waals surface area contributed by atoms with Gasteiger partial charge in [-0.15, -0.1) is 10.2 Å². The molecule has 2 heterocycles. The second kappa shape index (κ2) is 6.32. The fourth-order valence-corrected chi connectivity index (χ4v) is 2.03. The van der Waals surface area contributed by atoms with Crippen LogP contribution in [-0.2, 0) is 20.0 Å². The number of benzene rings is 1. The molecule has 1 aromatic carbocycles. The molecule has 0 aliphatic rings. The molecule has 1 N–H and O–H groups in total. The molecule has 0 unspecified atom stereocenters. The summed E-state index contributed by atoms with van der Waals surface area (Å²) in [4.78, 5) is 0. The highest BCUT2D eigenvalue weighted by atomic mass is 16.4. The molecule has 108 valence electrons. The molecule has 0 saturated carbocycles. The van der Waals surface area contributed by atoms with Gasteiger partial charge in [-0.1, -0.05) is 18.2 Å². The molecule has 21 heavy (non-hydrogen) atoms. The molecule has 0 saturated heterocycles. The number of hydrogen-bond acceptors (Lipinski definition) is 5. The zero-order valence-electron chi connectivity index (χ0n) is 11.9. The van der Waals surface area contributed by atoms with Gasteiger partial charge in [-0.3, -0.25) is 4.68 Å². The fraction of sp³-hybridized carbons (Fsp3) is 0.267. The fourth-order valence-electron chi connectivity index (χ4n) is 2.03. The highest BCUT2D eigenvalue weighted by molar-refractivity contribution is 5.51. The van der Waals surface area contributed by atoms with Crippen molar-refractivity contribution in [3.8, 4) is 11.5 Å². The highest BCUT2D eigenvalue weighted by Gasteiger charge is 2.07. The number of aryl methyl sites for hydroxylation is 1. The molecule has 6 heteroatoms. The van der Waals surface area contributed by atoms with Crippen LogP contribution in [0.4, 0.5) is 0 Å². The van der Waals surface area contributed by atoms with Crippen LogP contribution in [-0.4, -0.2) is 26.5 Å². The van der Waals surface area contributed by atoms with Gasteiger partial charge in [-0.25, -0.2) is 0 Å². The van der Waals surface area contributed by atoms with E-state index in [4.69, 9.17) is 4.42 Å². The van der Waals surface area contributed by atoms with E-state index in [0.29, 0.717) is 18.3 Å². The van der Waals surface area contributed by atoms with Crippen molar-refractivity contribution in [2.75, 3.05) is 6.54 Å². The first-order chi connectivity index (χ1) is 10.3. The van der Waals surface area contributed by atoms with E-state index in [1.807, 2.05) is 49.6 Å². The lowest BCUT2D eigenvalue weighted by atomic mass is 10.2. The summed E-state index contributed by atoms with van der Waals surface area (Å²) >= 11 is 0. The lowest BCUT2D eigenvalue weighted by Crippen LogP contribution is -2.17. The number of aromatic nitrogens is 4. The van der Waals surface area contributed by atoms with Gasteiger partial charge in [-0.05, 0) is 18.2 Å². The molecule has 6 nitrogen and oxygen atoms in total. The average Bonchev–Trinajstić information content (AvgIpc) is 3.14. The van der Waals surface area contributed by atoms with Gasteiger partial charge in [0.2, 0.25) is 11.8 Å². The first-order valence-electron chi connectivity index (χ1n) is 6.88. The van der Waals surface area contributed by atoms with Crippen LogP contribution in [0, 0.1) is 0 Å². The van der Waals surface area contributed by atoms with Crippen LogP contribution in [0.5, 0.6) is 0 Å². The molecule has 3 rings (SSSR count). The van der Waals surface area contributed by atoms with Crippen molar-refractivity contribution in [2.24, 2.45) is 7.05 Å². The third-order valence-corrected chi connectivity index (χ3v) is 3.09. The Hall–Kier alpha value is -2.47. The summed E-state index contributed by atoms with van der Waals surface area (Å²) in [6.07, 6.45) is 2.82. The van der Waals surface area contributed by atoms with E-state index < -0.39 is 0 Å². The Balaban J connectivity index is 1.49. The Kier molecular flexibility index (Phi) is 4.07. The van der Waals surface area contributed by atoms with Crippen LogP contribution in [0.1, 0.15) is 11.6 Å². The Morgan fingerprint density at radius 2 is 2.00 bits per heavy atom. The van der Waals surface area contributed by atoms with Crippen LogP contribution in [0.25, 0.3) is 11.5 Å². The molecule has 0 fully saturated rings. The van der Waals surface area contributed by atoms with Crippen molar-refractivity contribution in [1.29, 1.82) is 0 Å². The van der Waals surface area contributed by atoms with E-state index in [0.717, 1.165) is 24.2 Å². The van der Waals surface area contributed by atoms with Gasteiger partial charge in [0.25, 0.3) is 0 Å². The van der Waals surface area contributed by atoms with Gasteiger partial charge in [0.05, 0.1) is 12.2 Å². The predicted octanol–water partition coefficient (Wildman–Crippen LogP) is 1.80. The third kappa shape index (κ3) is 3.55. The van der Waals surface area contributed by atoms with Crippen LogP contribution < -0.4 is 5.32 Å². The molecule has 2 aromatic heterocycles. The Labute approximate surface area is 122 Å². The lowest BCUT2D eigenvalue weighted by molar-refractivity contribution is 0.478.